The summed E-state index contributed by atoms with van der Waals surface area (Å²) in [6, 6.07) is 6.40. The van der Waals surface area contributed by atoms with Crippen LogP contribution in [0, 0.1) is 21.4 Å². The first-order valence-corrected chi connectivity index (χ1v) is 5.97. The number of nitriles is 1. The molecule has 110 valence electrons. The van der Waals surface area contributed by atoms with E-state index >= 15 is 0 Å². The van der Waals surface area contributed by atoms with Gasteiger partial charge in [0, 0.05) is 17.7 Å². The maximum Gasteiger partial charge on any atom is 0.353 e. The van der Waals surface area contributed by atoms with Crippen molar-refractivity contribution in [3.8, 4) is 6.07 Å². The molecule has 0 heterocycles. The Bertz CT molecular complexity index is 633. The van der Waals surface area contributed by atoms with Gasteiger partial charge in [-0.2, -0.15) is 5.26 Å². The highest BCUT2D eigenvalue weighted by molar-refractivity contribution is 6.00. The second kappa shape index (κ2) is 6.05. The van der Waals surface area contributed by atoms with E-state index in [0.29, 0.717) is 0 Å². The van der Waals surface area contributed by atoms with E-state index in [0.717, 1.165) is 12.1 Å². The van der Waals surface area contributed by atoms with Gasteiger partial charge in [0.25, 0.3) is 5.69 Å². The van der Waals surface area contributed by atoms with Gasteiger partial charge >= 0.3 is 5.97 Å². The first-order chi connectivity index (χ1) is 9.65. The zero-order valence-electron chi connectivity index (χ0n) is 11.8. The number of benzene rings is 1. The monoisotopic (exact) mass is 290 g/mol. The van der Waals surface area contributed by atoms with Crippen LogP contribution in [0.25, 0.3) is 5.76 Å². The maximum atomic E-state index is 11.8. The zero-order valence-corrected chi connectivity index (χ0v) is 11.8. The Labute approximate surface area is 121 Å². The summed E-state index contributed by atoms with van der Waals surface area (Å²) in [5.74, 6) is -1.54. The number of aliphatic hydroxyl groups excluding tert-OH is 1. The standard InChI is InChI=1S/C14H14N2O5/c1-14(2,3)21-13(18)11(8-15)12(17)9-4-6-10(7-5-9)16(19)20/h4-7,17H,1-3H3/b12-11-. The SMILES string of the molecule is CC(C)(C)OC(=O)/C(C#N)=C(\O)c1ccc([N+](=O)[O-])cc1. The van der Waals surface area contributed by atoms with Crippen LogP contribution < -0.4 is 0 Å². The van der Waals surface area contributed by atoms with Gasteiger partial charge in [-0.3, -0.25) is 10.1 Å². The normalized spacial score (nSPS) is 12.1. The van der Waals surface area contributed by atoms with Gasteiger partial charge in [-0.25, -0.2) is 4.79 Å². The number of hydrogen-bond acceptors (Lipinski definition) is 6. The van der Waals surface area contributed by atoms with Gasteiger partial charge < -0.3 is 9.84 Å². The number of esters is 1. The first-order valence-electron chi connectivity index (χ1n) is 5.97. The highest BCUT2D eigenvalue weighted by Gasteiger charge is 2.23. The Morgan fingerprint density at radius 1 is 1.33 bits per heavy atom. The van der Waals surface area contributed by atoms with E-state index in [9.17, 15) is 20.0 Å². The molecule has 0 fully saturated rings. The van der Waals surface area contributed by atoms with E-state index in [4.69, 9.17) is 10.00 Å². The van der Waals surface area contributed by atoms with Crippen LogP contribution in [-0.4, -0.2) is 21.6 Å². The van der Waals surface area contributed by atoms with E-state index in [1.807, 2.05) is 0 Å². The van der Waals surface area contributed by atoms with Crippen molar-refractivity contribution < 1.29 is 19.6 Å². The largest absolute Gasteiger partial charge is 0.506 e. The Morgan fingerprint density at radius 2 is 1.86 bits per heavy atom. The summed E-state index contributed by atoms with van der Waals surface area (Å²) in [6.07, 6.45) is 0. The third kappa shape index (κ3) is 4.31. The van der Waals surface area contributed by atoms with E-state index in [1.54, 1.807) is 26.8 Å². The molecule has 0 radical (unpaired) electrons. The molecule has 0 spiro atoms. The van der Waals surface area contributed by atoms with Gasteiger partial charge in [0.1, 0.15) is 17.4 Å². The van der Waals surface area contributed by atoms with Crippen LogP contribution in [0.1, 0.15) is 26.3 Å². The molecule has 0 unspecified atom stereocenters. The molecule has 0 saturated carbocycles. The molecule has 0 saturated heterocycles. The van der Waals surface area contributed by atoms with Crippen LogP contribution in [-0.2, 0) is 9.53 Å². The molecule has 0 aliphatic rings. The number of carbonyl (C=O) groups excluding carboxylic acids is 1. The summed E-state index contributed by atoms with van der Waals surface area (Å²) >= 11 is 0. The highest BCUT2D eigenvalue weighted by atomic mass is 16.6. The molecular formula is C14H14N2O5. The highest BCUT2D eigenvalue weighted by Crippen LogP contribution is 2.21. The fraction of sp³-hybridized carbons (Fsp3) is 0.286. The molecule has 0 aliphatic heterocycles. The second-order valence-corrected chi connectivity index (χ2v) is 5.14. The number of aliphatic hydroxyl groups is 1. The fourth-order valence-corrected chi connectivity index (χ4v) is 1.41. The van der Waals surface area contributed by atoms with Gasteiger partial charge in [0.2, 0.25) is 0 Å². The number of ether oxygens (including phenoxy) is 1. The topological polar surface area (TPSA) is 113 Å². The van der Waals surface area contributed by atoms with Crippen molar-refractivity contribution in [2.45, 2.75) is 26.4 Å². The lowest BCUT2D eigenvalue weighted by molar-refractivity contribution is -0.384. The molecular weight excluding hydrogens is 276 g/mol. The third-order valence-corrected chi connectivity index (χ3v) is 2.30. The van der Waals surface area contributed by atoms with Crippen molar-refractivity contribution in [3.05, 3.63) is 45.5 Å². The Morgan fingerprint density at radius 3 is 2.24 bits per heavy atom. The quantitative estimate of drug-likeness (QED) is 0.228. The summed E-state index contributed by atoms with van der Waals surface area (Å²) in [4.78, 5) is 21.8. The molecule has 0 atom stereocenters. The van der Waals surface area contributed by atoms with Crippen LogP contribution >= 0.6 is 0 Å². The van der Waals surface area contributed by atoms with Crippen LogP contribution in [0.15, 0.2) is 29.8 Å². The first kappa shape index (κ1) is 16.2. The summed E-state index contributed by atoms with van der Waals surface area (Å²) in [7, 11) is 0. The van der Waals surface area contributed by atoms with E-state index in [2.05, 4.69) is 0 Å². The van der Waals surface area contributed by atoms with Crippen molar-refractivity contribution in [1.29, 1.82) is 5.26 Å². The molecule has 1 aromatic rings. The Kier molecular flexibility index (Phi) is 4.66. The molecule has 1 N–H and O–H groups in total. The molecule has 0 aromatic heterocycles. The van der Waals surface area contributed by atoms with Crippen molar-refractivity contribution in [1.82, 2.24) is 0 Å². The molecule has 1 rings (SSSR count). The summed E-state index contributed by atoms with van der Waals surface area (Å²) in [6.45, 7) is 4.88. The van der Waals surface area contributed by atoms with E-state index in [-0.39, 0.29) is 11.3 Å². The minimum atomic E-state index is -0.958. The molecule has 7 heteroatoms. The van der Waals surface area contributed by atoms with E-state index < -0.39 is 27.8 Å². The summed E-state index contributed by atoms with van der Waals surface area (Å²) < 4.78 is 5.01. The molecule has 7 nitrogen and oxygen atoms in total. The van der Waals surface area contributed by atoms with Crippen LogP contribution in [0.3, 0.4) is 0 Å². The molecule has 0 bridgehead atoms. The number of non-ortho nitro benzene ring substituents is 1. The fourth-order valence-electron chi connectivity index (χ4n) is 1.41. The van der Waals surface area contributed by atoms with Crippen LogP contribution in [0.4, 0.5) is 5.69 Å². The predicted molar refractivity (Wildman–Crippen MR) is 74.1 cm³/mol. The average molecular weight is 290 g/mol. The van der Waals surface area contributed by atoms with Crippen molar-refractivity contribution in [2.75, 3.05) is 0 Å². The lowest BCUT2D eigenvalue weighted by Crippen LogP contribution is -2.25. The number of nitro groups is 1. The average Bonchev–Trinajstić information content (AvgIpc) is 2.37. The lowest BCUT2D eigenvalue weighted by atomic mass is 10.1. The zero-order chi connectivity index (χ0) is 16.2. The lowest BCUT2D eigenvalue weighted by Gasteiger charge is -2.19. The summed E-state index contributed by atoms with van der Waals surface area (Å²) in [5, 5.41) is 29.5. The molecule has 21 heavy (non-hydrogen) atoms. The number of nitrogens with zero attached hydrogens (tertiary/aromatic N) is 2. The number of carbonyl (C=O) groups is 1. The van der Waals surface area contributed by atoms with Crippen molar-refractivity contribution >= 4 is 17.4 Å². The summed E-state index contributed by atoms with van der Waals surface area (Å²) in [5.41, 5.74) is -1.42. The predicted octanol–water partition coefficient (Wildman–Crippen LogP) is 2.73. The Balaban J connectivity index is 3.16. The maximum absolute atomic E-state index is 11.8. The number of nitro benzene ring substituents is 1. The minimum absolute atomic E-state index is 0.114. The number of hydrogen-bond donors (Lipinski definition) is 1. The molecule has 0 amide bonds. The molecule has 1 aromatic carbocycles. The van der Waals surface area contributed by atoms with Crippen LogP contribution in [0.5, 0.6) is 0 Å². The van der Waals surface area contributed by atoms with Gasteiger partial charge in [-0.1, -0.05) is 0 Å². The van der Waals surface area contributed by atoms with Gasteiger partial charge in [0.05, 0.1) is 4.92 Å². The van der Waals surface area contributed by atoms with Gasteiger partial charge in [-0.15, -0.1) is 0 Å². The van der Waals surface area contributed by atoms with Crippen LogP contribution in [0.2, 0.25) is 0 Å². The third-order valence-electron chi connectivity index (χ3n) is 2.30. The van der Waals surface area contributed by atoms with E-state index in [1.165, 1.54) is 12.1 Å². The smallest absolute Gasteiger partial charge is 0.353 e. The second-order valence-electron chi connectivity index (χ2n) is 5.14. The van der Waals surface area contributed by atoms with Crippen molar-refractivity contribution in [3.63, 3.8) is 0 Å². The van der Waals surface area contributed by atoms with Gasteiger partial charge in [-0.05, 0) is 32.9 Å². The number of rotatable bonds is 3. The van der Waals surface area contributed by atoms with Crippen molar-refractivity contribution in [2.24, 2.45) is 0 Å². The Hall–Kier alpha value is -2.88. The van der Waals surface area contributed by atoms with Gasteiger partial charge in [0.15, 0.2) is 5.57 Å². The minimum Gasteiger partial charge on any atom is -0.506 e. The molecule has 0 aliphatic carbocycles.